The van der Waals surface area contributed by atoms with Crippen molar-refractivity contribution in [3.05, 3.63) is 24.3 Å². The van der Waals surface area contributed by atoms with Crippen molar-refractivity contribution in [1.29, 1.82) is 0 Å². The average molecular weight is 379 g/mol. The minimum atomic E-state index is -0.841. The number of aliphatic hydroxyl groups excluding tert-OH is 1. The molecule has 0 saturated carbocycles. The Hall–Kier alpha value is -1.17. The summed E-state index contributed by atoms with van der Waals surface area (Å²) in [4.78, 5) is 12.7. The van der Waals surface area contributed by atoms with Crippen LogP contribution in [0.2, 0.25) is 0 Å². The predicted molar refractivity (Wildman–Crippen MR) is 103 cm³/mol. The largest absolute Gasteiger partial charge is 0.458 e. The first-order valence-corrected chi connectivity index (χ1v) is 10.4. The van der Waals surface area contributed by atoms with Crippen LogP contribution >= 0.6 is 0 Å². The topological polar surface area (TPSA) is 71.6 Å². The highest BCUT2D eigenvalue weighted by Gasteiger charge is 2.52. The van der Waals surface area contributed by atoms with E-state index in [0.29, 0.717) is 0 Å². The molecule has 27 heavy (non-hydrogen) atoms. The molecule has 3 aliphatic rings. The fourth-order valence-corrected chi connectivity index (χ4v) is 4.12. The van der Waals surface area contributed by atoms with Crippen molar-refractivity contribution in [3.63, 3.8) is 0 Å². The van der Waals surface area contributed by atoms with Gasteiger partial charge < -0.3 is 19.3 Å². The third-order valence-corrected chi connectivity index (χ3v) is 6.18. The fourth-order valence-electron chi connectivity index (χ4n) is 4.12. The van der Waals surface area contributed by atoms with E-state index in [4.69, 9.17) is 14.2 Å². The van der Waals surface area contributed by atoms with Crippen LogP contribution in [0.3, 0.4) is 0 Å². The van der Waals surface area contributed by atoms with E-state index in [1.54, 1.807) is 6.92 Å². The number of carbonyl (C=O) groups is 1. The van der Waals surface area contributed by atoms with Gasteiger partial charge in [-0.2, -0.15) is 0 Å². The van der Waals surface area contributed by atoms with Gasteiger partial charge in [-0.1, -0.05) is 45.4 Å². The molecule has 3 aliphatic heterocycles. The molecule has 9 atom stereocenters. The van der Waals surface area contributed by atoms with E-state index in [2.05, 4.69) is 27.4 Å². The van der Waals surface area contributed by atoms with Gasteiger partial charge in [-0.3, -0.25) is 4.79 Å². The van der Waals surface area contributed by atoms with Crippen LogP contribution in [0.15, 0.2) is 24.3 Å². The number of allylic oxidation sites excluding steroid dienone is 1. The van der Waals surface area contributed by atoms with E-state index >= 15 is 0 Å². The predicted octanol–water partition coefficient (Wildman–Crippen LogP) is 3.41. The molecule has 0 radical (unpaired) electrons. The molecule has 152 valence electrons. The summed E-state index contributed by atoms with van der Waals surface area (Å²) >= 11 is 0. The number of rotatable bonds is 3. The van der Waals surface area contributed by atoms with Gasteiger partial charge >= 0.3 is 5.97 Å². The first kappa shape index (κ1) is 20.6. The maximum Gasteiger partial charge on any atom is 0.311 e. The van der Waals surface area contributed by atoms with Gasteiger partial charge in [0.1, 0.15) is 12.2 Å². The SMILES string of the molecule is C=C1/C=C/[C@H]([C@@H](C)CCC)OC(=O)[C@H](C)[C@H](O)[C@H]2O[C@@H]2[C@@H](C)C[C@H]2O[C@@H]2C1. The maximum atomic E-state index is 12.7. The van der Waals surface area contributed by atoms with E-state index in [-0.39, 0.29) is 48.3 Å². The van der Waals surface area contributed by atoms with Gasteiger partial charge in [0.05, 0.1) is 30.3 Å². The Morgan fingerprint density at radius 3 is 2.70 bits per heavy atom. The van der Waals surface area contributed by atoms with E-state index in [0.717, 1.165) is 31.3 Å². The minimum absolute atomic E-state index is 0.0126. The minimum Gasteiger partial charge on any atom is -0.458 e. The Kier molecular flexibility index (Phi) is 6.44. The Labute approximate surface area is 162 Å². The molecule has 0 amide bonds. The quantitative estimate of drug-likeness (QED) is 0.602. The average Bonchev–Trinajstić information content (AvgIpc) is 3.53. The van der Waals surface area contributed by atoms with Crippen LogP contribution in [0.5, 0.6) is 0 Å². The molecule has 0 aromatic rings. The third-order valence-electron chi connectivity index (χ3n) is 6.18. The summed E-state index contributed by atoms with van der Waals surface area (Å²) in [5, 5.41) is 10.6. The smallest absolute Gasteiger partial charge is 0.311 e. The van der Waals surface area contributed by atoms with Gasteiger partial charge in [-0.05, 0) is 37.7 Å². The Balaban J connectivity index is 1.76. The molecule has 0 bridgehead atoms. The van der Waals surface area contributed by atoms with Crippen molar-refractivity contribution in [1.82, 2.24) is 0 Å². The van der Waals surface area contributed by atoms with Gasteiger partial charge in [-0.25, -0.2) is 0 Å². The monoisotopic (exact) mass is 378 g/mol. The summed E-state index contributed by atoms with van der Waals surface area (Å²) in [7, 11) is 0. The van der Waals surface area contributed by atoms with Crippen LogP contribution in [-0.2, 0) is 19.0 Å². The van der Waals surface area contributed by atoms with E-state index < -0.39 is 12.0 Å². The third kappa shape index (κ3) is 5.01. The second-order valence-electron chi connectivity index (χ2n) is 8.66. The maximum absolute atomic E-state index is 12.7. The summed E-state index contributed by atoms with van der Waals surface area (Å²) in [6.45, 7) is 12.2. The number of hydrogen-bond donors (Lipinski definition) is 1. The zero-order valence-corrected chi connectivity index (χ0v) is 17.0. The summed E-state index contributed by atoms with van der Waals surface area (Å²) in [6, 6.07) is 0. The van der Waals surface area contributed by atoms with Gasteiger partial charge in [0.25, 0.3) is 0 Å². The summed E-state index contributed by atoms with van der Waals surface area (Å²) in [5.41, 5.74) is 0.989. The molecule has 2 saturated heterocycles. The molecule has 0 spiro atoms. The summed E-state index contributed by atoms with van der Waals surface area (Å²) < 4.78 is 17.3. The molecule has 3 rings (SSSR count). The molecule has 1 N–H and O–H groups in total. The molecule has 2 fully saturated rings. The molecule has 3 heterocycles. The second kappa shape index (κ2) is 8.46. The lowest BCUT2D eigenvalue weighted by Crippen LogP contribution is -2.36. The van der Waals surface area contributed by atoms with E-state index in [1.807, 2.05) is 12.2 Å². The van der Waals surface area contributed by atoms with Crippen LogP contribution in [-0.4, -0.2) is 47.7 Å². The van der Waals surface area contributed by atoms with E-state index in [1.165, 1.54) is 0 Å². The zero-order chi connectivity index (χ0) is 19.7. The number of cyclic esters (lactones) is 1. The number of carbonyl (C=O) groups excluding carboxylic acids is 1. The molecule has 0 aromatic carbocycles. The second-order valence-corrected chi connectivity index (χ2v) is 8.66. The molecule has 0 aliphatic carbocycles. The van der Waals surface area contributed by atoms with Gasteiger partial charge in [0.2, 0.25) is 0 Å². The Morgan fingerprint density at radius 1 is 1.26 bits per heavy atom. The number of fused-ring (bicyclic) bond motifs is 2. The molecular weight excluding hydrogens is 344 g/mol. The summed E-state index contributed by atoms with van der Waals surface area (Å²) in [5.74, 6) is -0.490. The van der Waals surface area contributed by atoms with Crippen molar-refractivity contribution >= 4 is 5.97 Å². The Bertz CT molecular complexity index is 585. The highest BCUT2D eigenvalue weighted by Crippen LogP contribution is 2.41. The molecular formula is C22H34O5. The number of aliphatic hydroxyl groups is 1. The summed E-state index contributed by atoms with van der Waals surface area (Å²) in [6.07, 6.45) is 6.58. The lowest BCUT2D eigenvalue weighted by Gasteiger charge is -2.24. The van der Waals surface area contributed by atoms with Gasteiger partial charge in [0, 0.05) is 6.42 Å². The van der Waals surface area contributed by atoms with Crippen molar-refractivity contribution in [2.45, 2.75) is 90.0 Å². The number of epoxide rings is 2. The van der Waals surface area contributed by atoms with Crippen molar-refractivity contribution < 1.29 is 24.1 Å². The van der Waals surface area contributed by atoms with E-state index in [9.17, 15) is 9.90 Å². The van der Waals surface area contributed by atoms with Crippen molar-refractivity contribution in [2.24, 2.45) is 17.8 Å². The number of esters is 1. The number of hydrogen-bond acceptors (Lipinski definition) is 5. The highest BCUT2D eigenvalue weighted by atomic mass is 16.6. The van der Waals surface area contributed by atoms with Crippen LogP contribution < -0.4 is 0 Å². The van der Waals surface area contributed by atoms with Gasteiger partial charge in [0.15, 0.2) is 0 Å². The molecule has 5 heteroatoms. The normalized spacial score (nSPS) is 44.8. The molecule has 5 nitrogen and oxygen atoms in total. The molecule has 0 unspecified atom stereocenters. The van der Waals surface area contributed by atoms with Crippen LogP contribution in [0.4, 0.5) is 0 Å². The lowest BCUT2D eigenvalue weighted by molar-refractivity contribution is -0.157. The first-order valence-electron chi connectivity index (χ1n) is 10.4. The molecule has 0 aromatic heterocycles. The highest BCUT2D eigenvalue weighted by molar-refractivity contribution is 5.73. The first-order chi connectivity index (χ1) is 12.8. The lowest BCUT2D eigenvalue weighted by atomic mass is 9.92. The van der Waals surface area contributed by atoms with Crippen LogP contribution in [0.1, 0.15) is 53.4 Å². The van der Waals surface area contributed by atoms with Crippen molar-refractivity contribution in [2.75, 3.05) is 0 Å². The Morgan fingerprint density at radius 2 is 2.00 bits per heavy atom. The standard InChI is InChI=1S/C22H34O5/c1-6-7-13(3)16-9-8-12(2)10-17-18(25-17)11-14(4)20-21(27-20)19(23)15(5)22(24)26-16/h8-9,13-21,23H,2,6-7,10-11H2,1,3-5H3/b9-8+/t13-,14-,15+,16+,17+,18+,19-,20+,21+/m0/s1. The number of ether oxygens (including phenoxy) is 3. The fraction of sp³-hybridized carbons (Fsp3) is 0.773. The zero-order valence-electron chi connectivity index (χ0n) is 17.0. The van der Waals surface area contributed by atoms with Gasteiger partial charge in [-0.15, -0.1) is 0 Å². The van der Waals surface area contributed by atoms with Crippen molar-refractivity contribution in [3.8, 4) is 0 Å². The van der Waals surface area contributed by atoms with Crippen LogP contribution in [0, 0.1) is 17.8 Å². The van der Waals surface area contributed by atoms with Crippen LogP contribution in [0.25, 0.3) is 0 Å².